The minimum atomic E-state index is 0.423. The molecule has 0 amide bonds. The molecule has 0 fully saturated rings. The summed E-state index contributed by atoms with van der Waals surface area (Å²) in [7, 11) is 0. The van der Waals surface area contributed by atoms with Gasteiger partial charge in [-0.3, -0.25) is 0 Å². The zero-order valence-corrected chi connectivity index (χ0v) is 13.8. The van der Waals surface area contributed by atoms with Gasteiger partial charge in [0.05, 0.1) is 0 Å². The molecule has 0 unspecified atom stereocenters. The standard InChI is InChI=1S/C16H23N3S/c1-6-7-17-16-14(10(2)3)12(5)18-15(19-16)13-9-20-8-11(13)4/h8-10H,6-7H2,1-5H3,(H,17,18,19). The maximum Gasteiger partial charge on any atom is 0.162 e. The molecular formula is C16H23N3S. The third kappa shape index (κ3) is 3.01. The third-order valence-electron chi connectivity index (χ3n) is 3.35. The van der Waals surface area contributed by atoms with Gasteiger partial charge in [0.1, 0.15) is 5.82 Å². The van der Waals surface area contributed by atoms with Crippen LogP contribution < -0.4 is 5.32 Å². The Morgan fingerprint density at radius 2 is 1.95 bits per heavy atom. The molecule has 4 heteroatoms. The summed E-state index contributed by atoms with van der Waals surface area (Å²) in [6, 6.07) is 0. The lowest BCUT2D eigenvalue weighted by Gasteiger charge is -2.17. The number of nitrogens with one attached hydrogen (secondary N) is 1. The van der Waals surface area contributed by atoms with Crippen molar-refractivity contribution >= 4 is 17.2 Å². The number of aryl methyl sites for hydroxylation is 2. The van der Waals surface area contributed by atoms with Crippen molar-refractivity contribution in [3.8, 4) is 11.4 Å². The quantitative estimate of drug-likeness (QED) is 0.861. The van der Waals surface area contributed by atoms with Crippen LogP contribution in [0.4, 0.5) is 5.82 Å². The van der Waals surface area contributed by atoms with Crippen molar-refractivity contribution in [3.05, 3.63) is 27.6 Å². The summed E-state index contributed by atoms with van der Waals surface area (Å²) in [5.74, 6) is 2.26. The fourth-order valence-electron chi connectivity index (χ4n) is 2.36. The molecule has 0 spiro atoms. The molecule has 0 radical (unpaired) electrons. The second kappa shape index (κ2) is 6.35. The van der Waals surface area contributed by atoms with Crippen LogP contribution in [0.25, 0.3) is 11.4 Å². The van der Waals surface area contributed by atoms with Crippen molar-refractivity contribution in [2.45, 2.75) is 47.0 Å². The van der Waals surface area contributed by atoms with Crippen LogP contribution in [0.15, 0.2) is 10.8 Å². The Labute approximate surface area is 125 Å². The zero-order valence-electron chi connectivity index (χ0n) is 12.9. The van der Waals surface area contributed by atoms with Gasteiger partial charge in [-0.15, -0.1) is 0 Å². The van der Waals surface area contributed by atoms with Crippen LogP contribution >= 0.6 is 11.3 Å². The smallest absolute Gasteiger partial charge is 0.162 e. The van der Waals surface area contributed by atoms with Crippen molar-refractivity contribution in [1.82, 2.24) is 9.97 Å². The highest BCUT2D eigenvalue weighted by Crippen LogP contribution is 2.30. The predicted molar refractivity (Wildman–Crippen MR) is 87.7 cm³/mol. The van der Waals surface area contributed by atoms with Crippen LogP contribution in [0.2, 0.25) is 0 Å². The van der Waals surface area contributed by atoms with E-state index in [1.807, 2.05) is 0 Å². The highest BCUT2D eigenvalue weighted by Gasteiger charge is 2.16. The largest absolute Gasteiger partial charge is 0.370 e. The number of nitrogens with zero attached hydrogens (tertiary/aromatic N) is 2. The van der Waals surface area contributed by atoms with E-state index in [1.165, 1.54) is 11.1 Å². The summed E-state index contributed by atoms with van der Waals surface area (Å²) < 4.78 is 0. The van der Waals surface area contributed by atoms with Crippen molar-refractivity contribution < 1.29 is 0 Å². The van der Waals surface area contributed by atoms with Crippen molar-refractivity contribution in [2.24, 2.45) is 0 Å². The molecule has 0 bridgehead atoms. The number of hydrogen-bond donors (Lipinski definition) is 1. The molecule has 3 nitrogen and oxygen atoms in total. The Bertz CT molecular complexity index is 587. The first kappa shape index (κ1) is 15.0. The van der Waals surface area contributed by atoms with Crippen LogP contribution in [0.5, 0.6) is 0 Å². The highest BCUT2D eigenvalue weighted by molar-refractivity contribution is 7.08. The topological polar surface area (TPSA) is 37.8 Å². The number of hydrogen-bond acceptors (Lipinski definition) is 4. The summed E-state index contributed by atoms with van der Waals surface area (Å²) in [5.41, 5.74) is 4.70. The van der Waals surface area contributed by atoms with Crippen molar-refractivity contribution in [1.29, 1.82) is 0 Å². The normalized spacial score (nSPS) is 11.1. The van der Waals surface area contributed by atoms with Gasteiger partial charge >= 0.3 is 0 Å². The lowest BCUT2D eigenvalue weighted by Crippen LogP contribution is -2.10. The average Bonchev–Trinajstić information content (AvgIpc) is 2.81. The van der Waals surface area contributed by atoms with Crippen molar-refractivity contribution in [3.63, 3.8) is 0 Å². The van der Waals surface area contributed by atoms with Crippen LogP contribution in [0, 0.1) is 13.8 Å². The number of aromatic nitrogens is 2. The Morgan fingerprint density at radius 3 is 2.50 bits per heavy atom. The average molecular weight is 289 g/mol. The van der Waals surface area contributed by atoms with E-state index in [0.29, 0.717) is 5.92 Å². The van der Waals surface area contributed by atoms with E-state index in [9.17, 15) is 0 Å². The lowest BCUT2D eigenvalue weighted by molar-refractivity contribution is 0.826. The Balaban J connectivity index is 2.51. The Morgan fingerprint density at radius 1 is 1.20 bits per heavy atom. The zero-order chi connectivity index (χ0) is 14.7. The minimum Gasteiger partial charge on any atom is -0.370 e. The minimum absolute atomic E-state index is 0.423. The van der Waals surface area contributed by atoms with Gasteiger partial charge in [-0.1, -0.05) is 20.8 Å². The van der Waals surface area contributed by atoms with E-state index in [1.54, 1.807) is 11.3 Å². The maximum absolute atomic E-state index is 4.78. The van der Waals surface area contributed by atoms with E-state index < -0.39 is 0 Å². The molecule has 0 saturated carbocycles. The van der Waals surface area contributed by atoms with E-state index in [-0.39, 0.29) is 0 Å². The fourth-order valence-corrected chi connectivity index (χ4v) is 3.19. The van der Waals surface area contributed by atoms with E-state index >= 15 is 0 Å². The monoisotopic (exact) mass is 289 g/mol. The lowest BCUT2D eigenvalue weighted by atomic mass is 10.0. The summed E-state index contributed by atoms with van der Waals surface area (Å²) in [5, 5.41) is 7.73. The third-order valence-corrected chi connectivity index (χ3v) is 4.21. The van der Waals surface area contributed by atoms with Crippen LogP contribution in [0.3, 0.4) is 0 Å². The van der Waals surface area contributed by atoms with Gasteiger partial charge in [-0.2, -0.15) is 11.3 Å². The van der Waals surface area contributed by atoms with Gasteiger partial charge in [0.15, 0.2) is 5.82 Å². The van der Waals surface area contributed by atoms with Crippen LogP contribution in [0.1, 0.15) is 49.9 Å². The van der Waals surface area contributed by atoms with Gasteiger partial charge < -0.3 is 5.32 Å². The molecule has 2 rings (SSSR count). The van der Waals surface area contributed by atoms with Gasteiger partial charge in [-0.25, -0.2) is 9.97 Å². The van der Waals surface area contributed by atoms with Gasteiger partial charge in [0, 0.05) is 28.7 Å². The SMILES string of the molecule is CCCNc1nc(-c2cscc2C)nc(C)c1C(C)C. The molecule has 2 aromatic rings. The molecule has 0 aliphatic carbocycles. The number of thiophene rings is 1. The molecule has 0 aliphatic rings. The highest BCUT2D eigenvalue weighted by atomic mass is 32.1. The summed E-state index contributed by atoms with van der Waals surface area (Å²) in [6.07, 6.45) is 1.09. The molecule has 20 heavy (non-hydrogen) atoms. The Hall–Kier alpha value is -1.42. The fraction of sp³-hybridized carbons (Fsp3) is 0.500. The second-order valence-corrected chi connectivity index (χ2v) is 6.19. The van der Waals surface area contributed by atoms with Gasteiger partial charge in [0.2, 0.25) is 0 Å². The van der Waals surface area contributed by atoms with Crippen molar-refractivity contribution in [2.75, 3.05) is 11.9 Å². The molecule has 1 N–H and O–H groups in total. The first-order chi connectivity index (χ1) is 9.54. The summed E-state index contributed by atoms with van der Waals surface area (Å²) in [6.45, 7) is 11.7. The molecule has 0 atom stereocenters. The summed E-state index contributed by atoms with van der Waals surface area (Å²) in [4.78, 5) is 9.50. The number of rotatable bonds is 5. The maximum atomic E-state index is 4.78. The summed E-state index contributed by atoms with van der Waals surface area (Å²) >= 11 is 1.70. The molecule has 0 saturated heterocycles. The predicted octanol–water partition coefficient (Wildman–Crippen LogP) is 4.77. The molecule has 108 valence electrons. The molecule has 2 heterocycles. The number of anilines is 1. The van der Waals surface area contributed by atoms with E-state index in [4.69, 9.17) is 9.97 Å². The van der Waals surface area contributed by atoms with E-state index in [0.717, 1.165) is 35.9 Å². The molecule has 2 aromatic heterocycles. The van der Waals surface area contributed by atoms with E-state index in [2.05, 4.69) is 50.7 Å². The molecular weight excluding hydrogens is 266 g/mol. The molecule has 0 aromatic carbocycles. The Kier molecular flexibility index (Phi) is 4.76. The van der Waals surface area contributed by atoms with Crippen LogP contribution in [-0.4, -0.2) is 16.5 Å². The first-order valence-electron chi connectivity index (χ1n) is 7.20. The van der Waals surface area contributed by atoms with Crippen LogP contribution in [-0.2, 0) is 0 Å². The molecule has 0 aliphatic heterocycles. The van der Waals surface area contributed by atoms with Gasteiger partial charge in [0.25, 0.3) is 0 Å². The second-order valence-electron chi connectivity index (χ2n) is 5.44. The first-order valence-corrected chi connectivity index (χ1v) is 8.14. The van der Waals surface area contributed by atoms with Gasteiger partial charge in [-0.05, 0) is 37.1 Å².